The first kappa shape index (κ1) is 19.8. The maximum atomic E-state index is 14.3. The standard InChI is InChI=1S/C20H17ClF2N2O3/c1-12-8-16(25(24-12)15-5-3-14(21)4-6-15)11-28-20-17(22)9-13(10-18(20)23)2-7-19(26)27/h3-6,8-10H,2,7,11H2,1H3,(H,26,27). The van der Waals surface area contributed by atoms with Crippen LogP contribution in [0.3, 0.4) is 0 Å². The van der Waals surface area contributed by atoms with E-state index < -0.39 is 23.4 Å². The molecule has 0 aliphatic heterocycles. The first-order valence-corrected chi connectivity index (χ1v) is 8.85. The zero-order valence-corrected chi connectivity index (χ0v) is 15.7. The van der Waals surface area contributed by atoms with Gasteiger partial charge in [-0.2, -0.15) is 5.10 Å². The average molecular weight is 407 g/mol. The first-order chi connectivity index (χ1) is 13.3. The Labute approximate surface area is 165 Å². The molecule has 3 rings (SSSR count). The van der Waals surface area contributed by atoms with Gasteiger partial charge in [0.2, 0.25) is 0 Å². The van der Waals surface area contributed by atoms with Crippen molar-refractivity contribution in [1.82, 2.24) is 9.78 Å². The molecule has 28 heavy (non-hydrogen) atoms. The second-order valence-electron chi connectivity index (χ2n) is 6.24. The molecule has 0 aliphatic carbocycles. The predicted octanol–water partition coefficient (Wildman–Crippen LogP) is 4.71. The summed E-state index contributed by atoms with van der Waals surface area (Å²) in [5.41, 5.74) is 2.32. The molecule has 0 atom stereocenters. The van der Waals surface area contributed by atoms with Crippen molar-refractivity contribution in [3.63, 3.8) is 0 Å². The summed E-state index contributed by atoms with van der Waals surface area (Å²) in [5, 5.41) is 13.6. The Morgan fingerprint density at radius 3 is 2.43 bits per heavy atom. The number of aromatic nitrogens is 2. The van der Waals surface area contributed by atoms with Gasteiger partial charge in [0.05, 0.1) is 17.1 Å². The van der Waals surface area contributed by atoms with Gasteiger partial charge in [-0.3, -0.25) is 4.79 Å². The van der Waals surface area contributed by atoms with E-state index in [1.807, 2.05) is 0 Å². The van der Waals surface area contributed by atoms with Crippen molar-refractivity contribution in [1.29, 1.82) is 0 Å². The summed E-state index contributed by atoms with van der Waals surface area (Å²) in [6.45, 7) is 1.69. The Hall–Kier alpha value is -2.93. The van der Waals surface area contributed by atoms with E-state index in [1.54, 1.807) is 41.9 Å². The lowest BCUT2D eigenvalue weighted by atomic mass is 10.1. The van der Waals surface area contributed by atoms with Gasteiger partial charge in [0, 0.05) is 11.4 Å². The van der Waals surface area contributed by atoms with E-state index >= 15 is 0 Å². The Balaban J connectivity index is 1.79. The summed E-state index contributed by atoms with van der Waals surface area (Å²) < 4.78 is 35.5. The van der Waals surface area contributed by atoms with Crippen molar-refractivity contribution in [2.24, 2.45) is 0 Å². The Bertz CT molecular complexity index is 980. The van der Waals surface area contributed by atoms with E-state index in [0.717, 1.165) is 23.5 Å². The molecule has 0 fully saturated rings. The summed E-state index contributed by atoms with van der Waals surface area (Å²) in [6, 6.07) is 10.9. The van der Waals surface area contributed by atoms with Crippen molar-refractivity contribution in [2.45, 2.75) is 26.4 Å². The lowest BCUT2D eigenvalue weighted by Gasteiger charge is -2.12. The molecule has 0 unspecified atom stereocenters. The van der Waals surface area contributed by atoms with Crippen LogP contribution < -0.4 is 4.74 Å². The van der Waals surface area contributed by atoms with Gasteiger partial charge in [0.15, 0.2) is 17.4 Å². The van der Waals surface area contributed by atoms with Crippen molar-refractivity contribution in [3.05, 3.63) is 76.1 Å². The van der Waals surface area contributed by atoms with Gasteiger partial charge in [-0.15, -0.1) is 0 Å². The second kappa shape index (κ2) is 8.39. The fourth-order valence-electron chi connectivity index (χ4n) is 2.75. The number of carboxylic acids is 1. The summed E-state index contributed by atoms with van der Waals surface area (Å²) in [7, 11) is 0. The molecule has 1 aromatic heterocycles. The van der Waals surface area contributed by atoms with E-state index in [9.17, 15) is 13.6 Å². The van der Waals surface area contributed by atoms with Gasteiger partial charge in [-0.1, -0.05) is 11.6 Å². The van der Waals surface area contributed by atoms with Crippen LogP contribution in [-0.2, 0) is 17.8 Å². The number of hydrogen-bond acceptors (Lipinski definition) is 3. The molecular formula is C20H17ClF2N2O3. The van der Waals surface area contributed by atoms with Crippen LogP contribution in [0.15, 0.2) is 42.5 Å². The van der Waals surface area contributed by atoms with Crippen LogP contribution in [0.4, 0.5) is 8.78 Å². The van der Waals surface area contributed by atoms with Crippen LogP contribution in [0.5, 0.6) is 5.75 Å². The minimum absolute atomic E-state index is 0.0337. The molecule has 0 spiro atoms. The van der Waals surface area contributed by atoms with Crippen molar-refractivity contribution in [2.75, 3.05) is 0 Å². The van der Waals surface area contributed by atoms with Gasteiger partial charge in [-0.05, 0) is 61.4 Å². The van der Waals surface area contributed by atoms with Gasteiger partial charge in [-0.25, -0.2) is 13.5 Å². The third-order valence-electron chi connectivity index (χ3n) is 4.03. The molecule has 1 N–H and O–H groups in total. The normalized spacial score (nSPS) is 10.9. The summed E-state index contributed by atoms with van der Waals surface area (Å²) in [6.07, 6.45) is -0.176. The van der Waals surface area contributed by atoms with E-state index in [2.05, 4.69) is 5.10 Å². The number of rotatable bonds is 7. The molecule has 2 aromatic carbocycles. The van der Waals surface area contributed by atoms with Crippen LogP contribution in [-0.4, -0.2) is 20.9 Å². The van der Waals surface area contributed by atoms with Gasteiger partial charge < -0.3 is 9.84 Å². The maximum Gasteiger partial charge on any atom is 0.303 e. The molecule has 3 aromatic rings. The number of ether oxygens (including phenoxy) is 1. The SMILES string of the molecule is Cc1cc(COc2c(F)cc(CCC(=O)O)cc2F)n(-c2ccc(Cl)cc2)n1. The highest BCUT2D eigenvalue weighted by Gasteiger charge is 2.16. The highest BCUT2D eigenvalue weighted by molar-refractivity contribution is 6.30. The predicted molar refractivity (Wildman–Crippen MR) is 100.0 cm³/mol. The number of aryl methyl sites for hydroxylation is 2. The smallest absolute Gasteiger partial charge is 0.303 e. The monoisotopic (exact) mass is 406 g/mol. The fourth-order valence-corrected chi connectivity index (χ4v) is 2.88. The molecule has 146 valence electrons. The topological polar surface area (TPSA) is 64.3 Å². The summed E-state index contributed by atoms with van der Waals surface area (Å²) >= 11 is 5.90. The molecule has 0 bridgehead atoms. The maximum absolute atomic E-state index is 14.3. The Kier molecular flexibility index (Phi) is 5.94. The van der Waals surface area contributed by atoms with Gasteiger partial charge in [0.25, 0.3) is 0 Å². The van der Waals surface area contributed by atoms with E-state index in [0.29, 0.717) is 10.7 Å². The van der Waals surface area contributed by atoms with Crippen LogP contribution in [0.2, 0.25) is 5.02 Å². The molecule has 0 amide bonds. The number of benzene rings is 2. The third-order valence-corrected chi connectivity index (χ3v) is 4.28. The van der Waals surface area contributed by atoms with Crippen LogP contribution >= 0.6 is 11.6 Å². The van der Waals surface area contributed by atoms with E-state index in [1.165, 1.54) is 0 Å². The first-order valence-electron chi connectivity index (χ1n) is 8.47. The van der Waals surface area contributed by atoms with Crippen molar-refractivity contribution >= 4 is 17.6 Å². The number of aliphatic carboxylic acids is 1. The van der Waals surface area contributed by atoms with Gasteiger partial charge >= 0.3 is 5.97 Å². The van der Waals surface area contributed by atoms with Crippen molar-refractivity contribution in [3.8, 4) is 11.4 Å². The minimum atomic E-state index is -1.04. The largest absolute Gasteiger partial charge is 0.481 e. The third kappa shape index (κ3) is 4.67. The quantitative estimate of drug-likeness (QED) is 0.617. The zero-order chi connectivity index (χ0) is 20.3. The average Bonchev–Trinajstić information content (AvgIpc) is 3.00. The molecule has 8 heteroatoms. The number of halogens is 3. The Morgan fingerprint density at radius 1 is 1.18 bits per heavy atom. The number of carboxylic acid groups (broad SMARTS) is 1. The fraction of sp³-hybridized carbons (Fsp3) is 0.200. The molecule has 0 radical (unpaired) electrons. The minimum Gasteiger partial charge on any atom is -0.481 e. The molecule has 0 aliphatic rings. The Morgan fingerprint density at radius 2 is 1.82 bits per heavy atom. The molecule has 1 heterocycles. The number of carbonyl (C=O) groups is 1. The van der Waals surface area contributed by atoms with E-state index in [4.69, 9.17) is 21.4 Å². The highest BCUT2D eigenvalue weighted by Crippen LogP contribution is 2.26. The van der Waals surface area contributed by atoms with Gasteiger partial charge in [0.1, 0.15) is 6.61 Å². The molecule has 5 nitrogen and oxygen atoms in total. The molecule has 0 saturated carbocycles. The molecule has 0 saturated heterocycles. The lowest BCUT2D eigenvalue weighted by molar-refractivity contribution is -0.136. The number of nitrogens with zero attached hydrogens (tertiary/aromatic N) is 2. The summed E-state index contributed by atoms with van der Waals surface area (Å²) in [5.74, 6) is -3.31. The lowest BCUT2D eigenvalue weighted by Crippen LogP contribution is -2.07. The number of hydrogen-bond donors (Lipinski definition) is 1. The van der Waals surface area contributed by atoms with E-state index in [-0.39, 0.29) is 25.0 Å². The highest BCUT2D eigenvalue weighted by atomic mass is 35.5. The van der Waals surface area contributed by atoms with Crippen molar-refractivity contribution < 1.29 is 23.4 Å². The summed E-state index contributed by atoms with van der Waals surface area (Å²) in [4.78, 5) is 10.6. The second-order valence-corrected chi connectivity index (χ2v) is 6.67. The molecular weight excluding hydrogens is 390 g/mol. The zero-order valence-electron chi connectivity index (χ0n) is 15.0. The van der Waals surface area contributed by atoms with Crippen LogP contribution in [0.1, 0.15) is 23.4 Å². The van der Waals surface area contributed by atoms with Crippen LogP contribution in [0, 0.1) is 18.6 Å². The van der Waals surface area contributed by atoms with Crippen LogP contribution in [0.25, 0.3) is 5.69 Å².